The molecule has 1 aromatic heterocycles. The summed E-state index contributed by atoms with van der Waals surface area (Å²) < 4.78 is 8.72. The Balaban J connectivity index is 0.00000420. The second kappa shape index (κ2) is 10.6. The molecule has 0 aliphatic carbocycles. The van der Waals surface area contributed by atoms with E-state index < -0.39 is 10.8 Å². The molecule has 0 aliphatic heterocycles. The van der Waals surface area contributed by atoms with Crippen LogP contribution in [0.15, 0.2) is 36.9 Å². The summed E-state index contributed by atoms with van der Waals surface area (Å²) in [7, 11) is 0. The number of carbonyl (C=O) groups excluding carboxylic acids is 1. The number of nitriles is 1. The second-order valence-electron chi connectivity index (χ2n) is 8.07. The van der Waals surface area contributed by atoms with Gasteiger partial charge in [-0.3, -0.25) is 4.79 Å². The van der Waals surface area contributed by atoms with E-state index in [-0.39, 0.29) is 25.1 Å². The van der Waals surface area contributed by atoms with Crippen LogP contribution in [-0.4, -0.2) is 15.7 Å². The van der Waals surface area contributed by atoms with Crippen LogP contribution < -0.4 is 17.0 Å². The van der Waals surface area contributed by atoms with Crippen molar-refractivity contribution >= 4 is 17.6 Å². The van der Waals surface area contributed by atoms with Crippen molar-refractivity contribution in [1.82, 2.24) is 9.78 Å². The van der Waals surface area contributed by atoms with Crippen molar-refractivity contribution in [3.8, 4) is 6.07 Å². The Morgan fingerprint density at radius 2 is 1.97 bits per heavy atom. The minimum absolute atomic E-state index is 0. The predicted octanol–water partition coefficient (Wildman–Crippen LogP) is 1.03. The normalized spacial score (nSPS) is 13.1. The van der Waals surface area contributed by atoms with Crippen LogP contribution in [-0.2, 0) is 28.2 Å². The monoisotopic (exact) mass is 438 g/mol. The molecule has 1 atom stereocenters. The minimum atomic E-state index is -0.702. The van der Waals surface area contributed by atoms with Crippen LogP contribution in [0.2, 0.25) is 5.02 Å². The van der Waals surface area contributed by atoms with Crippen molar-refractivity contribution in [1.29, 1.82) is 5.26 Å². The first-order valence-electron chi connectivity index (χ1n) is 9.46. The number of esters is 1. The minimum Gasteiger partial charge on any atom is -1.00 e. The average Bonchev–Trinajstić information content (AvgIpc) is 3.10. The highest BCUT2D eigenvalue weighted by atomic mass is 35.5. The van der Waals surface area contributed by atoms with Crippen molar-refractivity contribution in [2.24, 2.45) is 5.41 Å². The van der Waals surface area contributed by atoms with Crippen molar-refractivity contribution < 1.29 is 26.5 Å². The molecule has 2 rings (SSSR count). The van der Waals surface area contributed by atoms with E-state index in [0.29, 0.717) is 11.6 Å². The summed E-state index contributed by atoms with van der Waals surface area (Å²) in [6.07, 6.45) is 6.00. The van der Waals surface area contributed by atoms with E-state index in [0.717, 1.165) is 24.8 Å². The number of hydrogen-bond donors (Lipinski definition) is 0. The van der Waals surface area contributed by atoms with Gasteiger partial charge in [0.05, 0.1) is 11.5 Å². The largest absolute Gasteiger partial charge is 1.00 e. The second-order valence-corrected chi connectivity index (χ2v) is 8.51. The van der Waals surface area contributed by atoms with Crippen LogP contribution in [0.5, 0.6) is 0 Å². The molecule has 0 radical (unpaired) electrons. The first-order valence-corrected chi connectivity index (χ1v) is 9.84. The highest BCUT2D eigenvalue weighted by Crippen LogP contribution is 2.32. The van der Waals surface area contributed by atoms with Gasteiger partial charge in [-0.2, -0.15) is 5.26 Å². The molecule has 1 unspecified atom stereocenters. The summed E-state index contributed by atoms with van der Waals surface area (Å²) in [5.41, 5.74) is -0.331. The lowest BCUT2D eigenvalue weighted by Gasteiger charge is -2.24. The Bertz CT molecular complexity index is 838. The van der Waals surface area contributed by atoms with Crippen molar-refractivity contribution in [3.05, 3.63) is 47.5 Å². The van der Waals surface area contributed by atoms with Gasteiger partial charge in [-0.15, -0.1) is 4.68 Å². The quantitative estimate of drug-likeness (QED) is 0.455. The summed E-state index contributed by atoms with van der Waals surface area (Å²) in [5, 5.41) is 15.1. The van der Waals surface area contributed by atoms with Gasteiger partial charge in [-0.05, 0) is 44.9 Å². The number of nitrogens with zero attached hydrogens (tertiary/aromatic N) is 4. The van der Waals surface area contributed by atoms with Gasteiger partial charge >= 0.3 is 5.97 Å². The fraction of sp³-hybridized carbons (Fsp3) is 0.524. The first kappa shape index (κ1) is 24.9. The van der Waals surface area contributed by atoms with Gasteiger partial charge < -0.3 is 17.1 Å². The number of carbonyl (C=O) groups is 1. The summed E-state index contributed by atoms with van der Waals surface area (Å²) in [4.78, 5) is 11.9. The topological polar surface area (TPSA) is 71.8 Å². The zero-order valence-electron chi connectivity index (χ0n) is 17.4. The lowest BCUT2D eigenvalue weighted by molar-refractivity contribution is -0.728. The standard InChI is InChI=1S/C21H28ClN4O2.ClH/c1-5-6-11-21(12-23,17-7-9-18(22)10-8-17)13-26-15-25(14-24-26)16-28-19(27)20(2,3)4;/h7-10,14-15H,5-6,11,13,16H2,1-4H3;1H/q+1;/p-1. The number of hydrogen-bond acceptors (Lipinski definition) is 4. The molecule has 0 aliphatic rings. The van der Waals surface area contributed by atoms with E-state index in [2.05, 4.69) is 18.1 Å². The van der Waals surface area contributed by atoms with Crippen LogP contribution in [0.4, 0.5) is 0 Å². The molecule has 1 aromatic carbocycles. The van der Waals surface area contributed by atoms with Gasteiger partial charge in [-0.25, -0.2) is 4.57 Å². The Morgan fingerprint density at radius 3 is 2.52 bits per heavy atom. The third-order valence-corrected chi connectivity index (χ3v) is 4.84. The van der Waals surface area contributed by atoms with Crippen LogP contribution in [0, 0.1) is 16.7 Å². The number of halogens is 2. The molecular weight excluding hydrogens is 411 g/mol. The molecule has 29 heavy (non-hydrogen) atoms. The maximum Gasteiger partial charge on any atom is 0.313 e. The molecule has 8 heteroatoms. The Kier molecular flexibility index (Phi) is 9.13. The molecule has 1 heterocycles. The summed E-state index contributed by atoms with van der Waals surface area (Å²) >= 11 is 6.02. The van der Waals surface area contributed by atoms with Crippen molar-refractivity contribution in [2.75, 3.05) is 0 Å². The summed E-state index contributed by atoms with van der Waals surface area (Å²) in [5.74, 6) is -0.275. The number of aromatic nitrogens is 3. The van der Waals surface area contributed by atoms with E-state index in [1.54, 1.807) is 21.9 Å². The maximum atomic E-state index is 11.9. The fourth-order valence-corrected chi connectivity index (χ4v) is 2.98. The fourth-order valence-electron chi connectivity index (χ4n) is 2.86. The Labute approximate surface area is 183 Å². The lowest BCUT2D eigenvalue weighted by atomic mass is 9.77. The van der Waals surface area contributed by atoms with Gasteiger partial charge in [0, 0.05) is 10.1 Å². The van der Waals surface area contributed by atoms with Crippen molar-refractivity contribution in [2.45, 2.75) is 65.6 Å². The zero-order chi connectivity index (χ0) is 20.8. The number of unbranched alkanes of at least 4 members (excludes halogenated alkanes) is 1. The first-order chi connectivity index (χ1) is 13.2. The molecule has 158 valence electrons. The van der Waals surface area contributed by atoms with E-state index in [9.17, 15) is 10.1 Å². The number of benzene rings is 1. The number of ether oxygens (including phenoxy) is 1. The summed E-state index contributed by atoms with van der Waals surface area (Å²) in [6.45, 7) is 8.03. The molecule has 0 spiro atoms. The van der Waals surface area contributed by atoms with E-state index in [1.807, 2.05) is 45.0 Å². The molecule has 0 fully saturated rings. The predicted molar refractivity (Wildman–Crippen MR) is 106 cm³/mol. The SMILES string of the molecule is CCCCC(C#N)(Cn1c[n+](COC(=O)C(C)(C)C)cn1)c1ccc(Cl)cc1.[Cl-]. The third kappa shape index (κ3) is 6.73. The smallest absolute Gasteiger partial charge is 0.313 e. The van der Waals surface area contributed by atoms with Crippen LogP contribution in [0.3, 0.4) is 0 Å². The van der Waals surface area contributed by atoms with Gasteiger partial charge in [-0.1, -0.05) is 43.5 Å². The van der Waals surface area contributed by atoms with Gasteiger partial charge in [0.25, 0.3) is 6.33 Å². The molecule has 2 aromatic rings. The van der Waals surface area contributed by atoms with E-state index in [4.69, 9.17) is 16.3 Å². The van der Waals surface area contributed by atoms with E-state index in [1.165, 1.54) is 0 Å². The molecule has 0 saturated carbocycles. The van der Waals surface area contributed by atoms with Gasteiger partial charge in [0.15, 0.2) is 0 Å². The highest BCUT2D eigenvalue weighted by Gasteiger charge is 2.35. The highest BCUT2D eigenvalue weighted by molar-refractivity contribution is 6.30. The average molecular weight is 439 g/mol. The third-order valence-electron chi connectivity index (χ3n) is 4.59. The molecule has 0 bridgehead atoms. The maximum absolute atomic E-state index is 11.9. The van der Waals surface area contributed by atoms with Crippen LogP contribution in [0.1, 0.15) is 52.5 Å². The van der Waals surface area contributed by atoms with Gasteiger partial charge in [0.1, 0.15) is 12.0 Å². The molecule has 0 saturated heterocycles. The lowest BCUT2D eigenvalue weighted by Crippen LogP contribution is -3.00. The Morgan fingerprint density at radius 1 is 1.31 bits per heavy atom. The van der Waals surface area contributed by atoms with Crippen molar-refractivity contribution in [3.63, 3.8) is 0 Å². The number of rotatable bonds is 8. The van der Waals surface area contributed by atoms with Crippen LogP contribution in [0.25, 0.3) is 0 Å². The zero-order valence-corrected chi connectivity index (χ0v) is 18.9. The van der Waals surface area contributed by atoms with Gasteiger partial charge in [0.2, 0.25) is 13.1 Å². The van der Waals surface area contributed by atoms with E-state index >= 15 is 0 Å². The molecule has 0 amide bonds. The van der Waals surface area contributed by atoms with Crippen LogP contribution >= 0.6 is 11.6 Å². The summed E-state index contributed by atoms with van der Waals surface area (Å²) in [6, 6.07) is 9.95. The molecular formula is C21H28Cl2N4O2. The molecule has 6 nitrogen and oxygen atoms in total. The molecule has 0 N–H and O–H groups in total. The Hall–Kier alpha value is -2.10.